The van der Waals surface area contributed by atoms with Crippen LogP contribution in [0.1, 0.15) is 30.1 Å². The molecule has 156 valence electrons. The molecular weight excluding hydrogens is 404 g/mol. The van der Waals surface area contributed by atoms with Gasteiger partial charge in [0.1, 0.15) is 0 Å². The van der Waals surface area contributed by atoms with E-state index in [9.17, 15) is 18.0 Å². The van der Waals surface area contributed by atoms with Gasteiger partial charge < -0.3 is 16.0 Å². The molecule has 2 saturated heterocycles. The lowest BCUT2D eigenvalue weighted by atomic mass is 9.90. The number of halogens is 1. The van der Waals surface area contributed by atoms with Gasteiger partial charge in [-0.05, 0) is 49.9 Å². The third-order valence-electron chi connectivity index (χ3n) is 5.31. The minimum Gasteiger partial charge on any atom is -0.354 e. The number of hydrogen-bond acceptors (Lipinski definition) is 5. The second kappa shape index (κ2) is 9.21. The highest BCUT2D eigenvalue weighted by molar-refractivity contribution is 7.89. The quantitative estimate of drug-likeness (QED) is 0.719. The van der Waals surface area contributed by atoms with E-state index in [1.807, 2.05) is 6.92 Å². The zero-order valence-corrected chi connectivity index (χ0v) is 17.5. The molecule has 0 radical (unpaired) electrons. The lowest BCUT2D eigenvalue weighted by Crippen LogP contribution is -2.49. The number of likely N-dealkylation sites (tertiary alicyclic amines) is 1. The Kier molecular flexibility index (Phi) is 7.44. The minimum absolute atomic E-state index is 0. The van der Waals surface area contributed by atoms with E-state index in [0.29, 0.717) is 31.1 Å². The number of hydrogen-bond donors (Lipinski definition) is 2. The molecule has 0 aliphatic carbocycles. The number of rotatable bonds is 4. The number of nitrogens with one attached hydrogen (secondary N) is 1. The van der Waals surface area contributed by atoms with Gasteiger partial charge in [-0.2, -0.15) is 4.31 Å². The van der Waals surface area contributed by atoms with Crippen molar-refractivity contribution < 1.29 is 18.0 Å². The van der Waals surface area contributed by atoms with Crippen LogP contribution in [0.25, 0.3) is 0 Å². The van der Waals surface area contributed by atoms with Gasteiger partial charge in [0.05, 0.1) is 11.4 Å². The van der Waals surface area contributed by atoms with Crippen LogP contribution < -0.4 is 11.1 Å². The molecule has 1 atom stereocenters. The van der Waals surface area contributed by atoms with Gasteiger partial charge in [-0.1, -0.05) is 0 Å². The third-order valence-corrected chi connectivity index (χ3v) is 7.17. The Morgan fingerprint density at radius 1 is 1.18 bits per heavy atom. The molecule has 2 aliphatic rings. The van der Waals surface area contributed by atoms with Crippen molar-refractivity contribution in [3.05, 3.63) is 29.8 Å². The monoisotopic (exact) mass is 430 g/mol. The average molecular weight is 431 g/mol. The summed E-state index contributed by atoms with van der Waals surface area (Å²) in [6, 6.07) is 6.07. The Bertz CT molecular complexity index is 805. The highest BCUT2D eigenvalue weighted by atomic mass is 35.5. The van der Waals surface area contributed by atoms with Gasteiger partial charge >= 0.3 is 0 Å². The van der Waals surface area contributed by atoms with Crippen molar-refractivity contribution in [2.45, 2.75) is 30.7 Å². The van der Waals surface area contributed by atoms with Crippen molar-refractivity contribution in [1.29, 1.82) is 0 Å². The molecule has 0 saturated carbocycles. The van der Waals surface area contributed by atoms with Crippen LogP contribution in [0.3, 0.4) is 0 Å². The van der Waals surface area contributed by atoms with Gasteiger partial charge in [0.2, 0.25) is 15.9 Å². The van der Waals surface area contributed by atoms with E-state index in [0.717, 1.165) is 17.1 Å². The second-order valence-electron chi connectivity index (χ2n) is 7.20. The molecule has 1 unspecified atom stereocenters. The molecule has 1 aromatic rings. The zero-order valence-electron chi connectivity index (χ0n) is 15.8. The molecule has 1 aromatic carbocycles. The van der Waals surface area contributed by atoms with E-state index in [1.165, 1.54) is 24.3 Å². The number of nitrogens with zero attached hydrogens (tertiary/aromatic N) is 2. The van der Waals surface area contributed by atoms with Gasteiger partial charge in [-0.15, -0.1) is 12.4 Å². The van der Waals surface area contributed by atoms with E-state index in [2.05, 4.69) is 5.32 Å². The lowest BCUT2D eigenvalue weighted by Gasteiger charge is -2.33. The number of benzene rings is 1. The van der Waals surface area contributed by atoms with Crippen LogP contribution in [0, 0.1) is 5.92 Å². The van der Waals surface area contributed by atoms with Crippen LogP contribution in [0.5, 0.6) is 0 Å². The first-order valence-corrected chi connectivity index (χ1v) is 10.6. The number of amides is 2. The largest absolute Gasteiger partial charge is 0.354 e. The summed E-state index contributed by atoms with van der Waals surface area (Å²) in [6.07, 6.45) is 1.76. The molecule has 0 spiro atoms. The topological polar surface area (TPSA) is 113 Å². The molecule has 0 aromatic heterocycles. The Balaban J connectivity index is 0.00000280. The van der Waals surface area contributed by atoms with Crippen LogP contribution in [-0.4, -0.2) is 68.2 Å². The lowest BCUT2D eigenvalue weighted by molar-refractivity contribution is -0.122. The van der Waals surface area contributed by atoms with E-state index in [1.54, 1.807) is 4.90 Å². The molecule has 0 bridgehead atoms. The summed E-state index contributed by atoms with van der Waals surface area (Å²) in [4.78, 5) is 26.0. The van der Waals surface area contributed by atoms with Gasteiger partial charge in [-0.3, -0.25) is 9.59 Å². The number of nitrogens with two attached hydrogens (primary N) is 1. The van der Waals surface area contributed by atoms with Gasteiger partial charge in [0.15, 0.2) is 0 Å². The Morgan fingerprint density at radius 2 is 1.79 bits per heavy atom. The average Bonchev–Trinajstić information content (AvgIpc) is 2.67. The van der Waals surface area contributed by atoms with Crippen molar-refractivity contribution in [2.75, 3.05) is 32.7 Å². The van der Waals surface area contributed by atoms with E-state index in [-0.39, 0.29) is 48.2 Å². The number of carbonyl (C=O) groups excluding carboxylic acids is 2. The first-order valence-electron chi connectivity index (χ1n) is 9.21. The SMILES string of the molecule is CC(N)C1CCN(C(=O)c2ccc(S(=O)(=O)N3CCNC(=O)C3)cc2)CC1.Cl. The summed E-state index contributed by atoms with van der Waals surface area (Å²) >= 11 is 0. The predicted octanol–water partition coefficient (Wildman–Crippen LogP) is 0.428. The standard InChI is InChI=1S/C18H26N4O4S.ClH/c1-13(19)14-6-9-21(10-7-14)18(24)15-2-4-16(5-3-15)27(25,26)22-11-8-20-17(23)12-22;/h2-5,13-14H,6-12,19H2,1H3,(H,20,23);1H. The molecule has 2 amide bonds. The summed E-state index contributed by atoms with van der Waals surface area (Å²) in [7, 11) is -3.75. The van der Waals surface area contributed by atoms with Crippen molar-refractivity contribution in [3.8, 4) is 0 Å². The maximum Gasteiger partial charge on any atom is 0.253 e. The summed E-state index contributed by atoms with van der Waals surface area (Å²) in [5.74, 6) is 0.0227. The summed E-state index contributed by atoms with van der Waals surface area (Å²) in [5.41, 5.74) is 6.40. The first kappa shape index (κ1) is 22.6. The van der Waals surface area contributed by atoms with Crippen LogP contribution in [-0.2, 0) is 14.8 Å². The summed E-state index contributed by atoms with van der Waals surface area (Å²) in [5, 5.41) is 2.60. The molecule has 3 N–H and O–H groups in total. The van der Waals surface area contributed by atoms with Crippen LogP contribution >= 0.6 is 12.4 Å². The van der Waals surface area contributed by atoms with E-state index in [4.69, 9.17) is 5.73 Å². The van der Waals surface area contributed by atoms with Gasteiger partial charge in [0.25, 0.3) is 5.91 Å². The maximum absolute atomic E-state index is 12.7. The molecule has 8 nitrogen and oxygen atoms in total. The van der Waals surface area contributed by atoms with E-state index >= 15 is 0 Å². The fraction of sp³-hybridized carbons (Fsp3) is 0.556. The molecular formula is C18H27ClN4O4S. The zero-order chi connectivity index (χ0) is 19.6. The van der Waals surface area contributed by atoms with Crippen molar-refractivity contribution in [2.24, 2.45) is 11.7 Å². The van der Waals surface area contributed by atoms with Crippen molar-refractivity contribution in [3.63, 3.8) is 0 Å². The smallest absolute Gasteiger partial charge is 0.253 e. The molecule has 3 rings (SSSR count). The minimum atomic E-state index is -3.75. The van der Waals surface area contributed by atoms with Crippen LogP contribution in [0.4, 0.5) is 0 Å². The number of carbonyl (C=O) groups is 2. The molecule has 2 heterocycles. The maximum atomic E-state index is 12.7. The van der Waals surface area contributed by atoms with Crippen molar-refractivity contribution >= 4 is 34.2 Å². The summed E-state index contributed by atoms with van der Waals surface area (Å²) < 4.78 is 26.5. The van der Waals surface area contributed by atoms with Gasteiger partial charge in [-0.25, -0.2) is 8.42 Å². The van der Waals surface area contributed by atoms with Crippen LogP contribution in [0.2, 0.25) is 0 Å². The van der Waals surface area contributed by atoms with Crippen LogP contribution in [0.15, 0.2) is 29.2 Å². The van der Waals surface area contributed by atoms with Gasteiger partial charge in [0, 0.05) is 37.8 Å². The Labute approximate surface area is 171 Å². The Morgan fingerprint density at radius 3 is 2.32 bits per heavy atom. The number of sulfonamides is 1. The van der Waals surface area contributed by atoms with Crippen molar-refractivity contribution in [1.82, 2.24) is 14.5 Å². The number of piperazine rings is 1. The molecule has 10 heteroatoms. The normalized spacial score (nSPS) is 20.2. The number of piperidine rings is 1. The highest BCUT2D eigenvalue weighted by Crippen LogP contribution is 2.22. The third kappa shape index (κ3) is 4.83. The molecule has 2 aliphatic heterocycles. The Hall–Kier alpha value is -1.68. The fourth-order valence-corrected chi connectivity index (χ4v) is 4.95. The molecule has 2 fully saturated rings. The second-order valence-corrected chi connectivity index (χ2v) is 9.14. The predicted molar refractivity (Wildman–Crippen MR) is 108 cm³/mol. The fourth-order valence-electron chi connectivity index (χ4n) is 3.55. The molecule has 28 heavy (non-hydrogen) atoms. The van der Waals surface area contributed by atoms with E-state index < -0.39 is 10.0 Å². The first-order chi connectivity index (χ1) is 12.8. The highest BCUT2D eigenvalue weighted by Gasteiger charge is 2.30. The summed E-state index contributed by atoms with van der Waals surface area (Å²) in [6.45, 7) is 3.67.